The topological polar surface area (TPSA) is 50.4 Å². The van der Waals surface area contributed by atoms with Gasteiger partial charge in [-0.2, -0.15) is 13.2 Å². The minimum atomic E-state index is -4.88. The number of carbonyl (C=O) groups is 1. The molecule has 0 unspecified atom stereocenters. The first-order chi connectivity index (χ1) is 6.41. The van der Waals surface area contributed by atoms with Crippen LogP contribution in [-0.4, -0.2) is 30.3 Å². The molecule has 1 spiro atoms. The van der Waals surface area contributed by atoms with Crippen molar-refractivity contribution in [1.82, 2.24) is 10.9 Å². The summed E-state index contributed by atoms with van der Waals surface area (Å²) >= 11 is 0. The van der Waals surface area contributed by atoms with Gasteiger partial charge in [-0.25, -0.2) is 4.79 Å². The lowest BCUT2D eigenvalue weighted by Gasteiger charge is -2.53. The third-order valence-electron chi connectivity index (χ3n) is 2.52. The van der Waals surface area contributed by atoms with Gasteiger partial charge in [0.2, 0.25) is 0 Å². The van der Waals surface area contributed by atoms with Crippen molar-refractivity contribution in [3.63, 3.8) is 0 Å². The molecule has 0 aromatic rings. The zero-order valence-corrected chi connectivity index (χ0v) is 7.15. The Morgan fingerprint density at radius 1 is 1.43 bits per heavy atom. The van der Waals surface area contributed by atoms with E-state index in [9.17, 15) is 18.0 Å². The lowest BCUT2D eigenvalue weighted by atomic mass is 9.73. The number of alkyl halides is 3. The van der Waals surface area contributed by atoms with Crippen LogP contribution in [0.5, 0.6) is 0 Å². The van der Waals surface area contributed by atoms with Crippen molar-refractivity contribution in [1.29, 1.82) is 0 Å². The maximum Gasteiger partial charge on any atom is 0.490 e. The minimum Gasteiger partial charge on any atom is -0.456 e. The maximum atomic E-state index is 11.8. The lowest BCUT2D eigenvalue weighted by molar-refractivity contribution is -0.213. The van der Waals surface area contributed by atoms with Gasteiger partial charge in [0.05, 0.1) is 5.54 Å². The van der Waals surface area contributed by atoms with Gasteiger partial charge in [-0.15, -0.1) is 0 Å². The number of esters is 1. The minimum absolute atomic E-state index is 0.128. The van der Waals surface area contributed by atoms with Crippen molar-refractivity contribution >= 4 is 5.97 Å². The Labute approximate surface area is 77.8 Å². The highest BCUT2D eigenvalue weighted by atomic mass is 19.4. The molecule has 80 valence electrons. The molecular weight excluding hydrogens is 201 g/mol. The fourth-order valence-corrected chi connectivity index (χ4v) is 1.70. The van der Waals surface area contributed by atoms with Gasteiger partial charge >= 0.3 is 12.1 Å². The van der Waals surface area contributed by atoms with E-state index < -0.39 is 18.2 Å². The molecule has 2 N–H and O–H groups in total. The van der Waals surface area contributed by atoms with Crippen LogP contribution in [0.2, 0.25) is 0 Å². The lowest BCUT2D eigenvalue weighted by Crippen LogP contribution is -2.76. The van der Waals surface area contributed by atoms with Gasteiger partial charge in [0, 0.05) is 19.4 Å². The van der Waals surface area contributed by atoms with Gasteiger partial charge in [-0.1, -0.05) is 0 Å². The van der Waals surface area contributed by atoms with E-state index in [-0.39, 0.29) is 5.54 Å². The first-order valence-corrected chi connectivity index (χ1v) is 4.19. The quantitative estimate of drug-likeness (QED) is 0.603. The van der Waals surface area contributed by atoms with Crippen LogP contribution in [0, 0.1) is 0 Å². The zero-order chi connectivity index (χ0) is 10.4. The van der Waals surface area contributed by atoms with Gasteiger partial charge < -0.3 is 4.74 Å². The van der Waals surface area contributed by atoms with Crippen LogP contribution in [0.4, 0.5) is 13.2 Å². The van der Waals surface area contributed by atoms with E-state index in [0.717, 1.165) is 0 Å². The number of carbonyl (C=O) groups excluding carboxylic acids is 1. The third kappa shape index (κ3) is 1.57. The average molecular weight is 210 g/mol. The number of rotatable bonds is 1. The van der Waals surface area contributed by atoms with Gasteiger partial charge in [0.25, 0.3) is 0 Å². The summed E-state index contributed by atoms with van der Waals surface area (Å²) in [7, 11) is 0. The van der Waals surface area contributed by atoms with Crippen LogP contribution >= 0.6 is 0 Å². The molecule has 0 aromatic heterocycles. The molecule has 4 nitrogen and oxygen atoms in total. The van der Waals surface area contributed by atoms with Crippen molar-refractivity contribution in [3.05, 3.63) is 0 Å². The summed E-state index contributed by atoms with van der Waals surface area (Å²) in [6.45, 7) is 0.715. The summed E-state index contributed by atoms with van der Waals surface area (Å²) in [5, 5.41) is 0. The smallest absolute Gasteiger partial charge is 0.456 e. The van der Waals surface area contributed by atoms with E-state index in [1.54, 1.807) is 0 Å². The SMILES string of the molecule is O=C(OC1CC2(CNN2)C1)C(F)(F)F. The highest BCUT2D eigenvalue weighted by Gasteiger charge is 2.52. The number of hydrogen-bond donors (Lipinski definition) is 2. The molecule has 1 saturated carbocycles. The van der Waals surface area contributed by atoms with Crippen LogP contribution in [0.1, 0.15) is 12.8 Å². The van der Waals surface area contributed by atoms with E-state index in [1.165, 1.54) is 0 Å². The van der Waals surface area contributed by atoms with E-state index in [0.29, 0.717) is 19.4 Å². The van der Waals surface area contributed by atoms with Crippen LogP contribution in [-0.2, 0) is 9.53 Å². The van der Waals surface area contributed by atoms with Crippen LogP contribution in [0.25, 0.3) is 0 Å². The summed E-state index contributed by atoms with van der Waals surface area (Å²) in [5.74, 6) is -2.09. The normalized spacial score (nSPS) is 36.1. The molecule has 2 rings (SSSR count). The average Bonchev–Trinajstić information content (AvgIpc) is 1.88. The number of ether oxygens (including phenoxy) is 1. The van der Waals surface area contributed by atoms with E-state index in [2.05, 4.69) is 15.6 Å². The van der Waals surface area contributed by atoms with Crippen molar-refractivity contribution in [2.24, 2.45) is 0 Å². The second-order valence-corrected chi connectivity index (χ2v) is 3.69. The molecule has 7 heteroatoms. The summed E-state index contributed by atoms with van der Waals surface area (Å²) in [4.78, 5) is 10.4. The number of hydrazine groups is 1. The molecular formula is C7H9F3N2O2. The Morgan fingerprint density at radius 3 is 2.36 bits per heavy atom. The predicted octanol–water partition coefficient (Wildman–Crippen LogP) is 0.101. The Balaban J connectivity index is 1.76. The first-order valence-electron chi connectivity index (χ1n) is 4.19. The van der Waals surface area contributed by atoms with Crippen LogP contribution in [0.15, 0.2) is 0 Å². The van der Waals surface area contributed by atoms with Gasteiger partial charge in [0.15, 0.2) is 0 Å². The fraction of sp³-hybridized carbons (Fsp3) is 0.857. The molecule has 1 heterocycles. The zero-order valence-electron chi connectivity index (χ0n) is 7.15. The number of halogens is 3. The second-order valence-electron chi connectivity index (χ2n) is 3.69. The summed E-state index contributed by atoms with van der Waals surface area (Å²) in [5.41, 5.74) is 5.54. The molecule has 1 aliphatic carbocycles. The highest BCUT2D eigenvalue weighted by Crippen LogP contribution is 2.37. The predicted molar refractivity (Wildman–Crippen MR) is 39.0 cm³/mol. The van der Waals surface area contributed by atoms with Crippen LogP contribution in [0.3, 0.4) is 0 Å². The van der Waals surface area contributed by atoms with Gasteiger partial charge in [-0.05, 0) is 0 Å². The molecule has 0 amide bonds. The van der Waals surface area contributed by atoms with Gasteiger partial charge in [0.1, 0.15) is 6.10 Å². The Kier molecular flexibility index (Phi) is 1.97. The Hall–Kier alpha value is -0.820. The molecule has 1 aliphatic heterocycles. The van der Waals surface area contributed by atoms with Crippen LogP contribution < -0.4 is 10.9 Å². The molecule has 0 atom stereocenters. The number of nitrogens with one attached hydrogen (secondary N) is 2. The van der Waals surface area contributed by atoms with Crippen molar-refractivity contribution in [2.45, 2.75) is 30.7 Å². The van der Waals surface area contributed by atoms with E-state index in [4.69, 9.17) is 0 Å². The summed E-state index contributed by atoms with van der Waals surface area (Å²) in [6, 6.07) is 0. The Morgan fingerprint density at radius 2 is 2.00 bits per heavy atom. The number of hydrogen-bond acceptors (Lipinski definition) is 4. The van der Waals surface area contributed by atoms with E-state index in [1.807, 2.05) is 0 Å². The molecule has 0 radical (unpaired) electrons. The standard InChI is InChI=1S/C7H9F3N2O2/c8-7(9,10)5(13)14-4-1-6(2-4)3-11-12-6/h4,11-12H,1-3H2. The molecule has 2 fully saturated rings. The first kappa shape index (κ1) is 9.72. The monoisotopic (exact) mass is 210 g/mol. The Bertz CT molecular complexity index is 254. The van der Waals surface area contributed by atoms with Crippen molar-refractivity contribution in [3.8, 4) is 0 Å². The highest BCUT2D eigenvalue weighted by molar-refractivity contribution is 5.75. The summed E-state index contributed by atoms with van der Waals surface area (Å²) in [6.07, 6.45) is -4.59. The van der Waals surface area contributed by atoms with Gasteiger partial charge in [-0.3, -0.25) is 10.9 Å². The van der Waals surface area contributed by atoms with Crippen molar-refractivity contribution in [2.75, 3.05) is 6.54 Å². The van der Waals surface area contributed by atoms with Crippen molar-refractivity contribution < 1.29 is 22.7 Å². The molecule has 0 bridgehead atoms. The largest absolute Gasteiger partial charge is 0.490 e. The molecule has 2 aliphatic rings. The fourth-order valence-electron chi connectivity index (χ4n) is 1.70. The molecule has 14 heavy (non-hydrogen) atoms. The molecule has 1 saturated heterocycles. The maximum absolute atomic E-state index is 11.8. The second kappa shape index (κ2) is 2.83. The summed E-state index contributed by atoms with van der Waals surface area (Å²) < 4.78 is 39.5. The third-order valence-corrected chi connectivity index (χ3v) is 2.52. The molecule has 0 aromatic carbocycles. The van der Waals surface area contributed by atoms with E-state index >= 15 is 0 Å².